The number of aromatic carboxylic acids is 1. The van der Waals surface area contributed by atoms with Crippen molar-refractivity contribution in [3.05, 3.63) is 40.2 Å². The predicted molar refractivity (Wildman–Crippen MR) is 141 cm³/mol. The summed E-state index contributed by atoms with van der Waals surface area (Å²) in [6.07, 6.45) is 8.50. The van der Waals surface area contributed by atoms with E-state index < -0.39 is 5.97 Å². The summed E-state index contributed by atoms with van der Waals surface area (Å²) in [6.45, 7) is 6.41. The normalized spacial score (nSPS) is 20.8. The van der Waals surface area contributed by atoms with Crippen molar-refractivity contribution >= 4 is 23.0 Å². The molecule has 1 aliphatic carbocycles. The van der Waals surface area contributed by atoms with Crippen LogP contribution in [0.4, 0.5) is 5.69 Å². The Morgan fingerprint density at radius 2 is 1.97 bits per heavy atom. The summed E-state index contributed by atoms with van der Waals surface area (Å²) in [6, 6.07) is 7.75. The maximum Gasteiger partial charge on any atom is 0.348 e. The first kappa shape index (κ1) is 26.5. The maximum absolute atomic E-state index is 11.9. The highest BCUT2D eigenvalue weighted by molar-refractivity contribution is 7.15. The van der Waals surface area contributed by atoms with Gasteiger partial charge in [-0.2, -0.15) is 0 Å². The van der Waals surface area contributed by atoms with Gasteiger partial charge in [-0.25, -0.2) is 9.78 Å². The van der Waals surface area contributed by atoms with Gasteiger partial charge < -0.3 is 24.6 Å². The smallest absolute Gasteiger partial charge is 0.348 e. The highest BCUT2D eigenvalue weighted by Crippen LogP contribution is 2.31. The van der Waals surface area contributed by atoms with Crippen molar-refractivity contribution in [2.75, 3.05) is 25.1 Å². The number of carbonyl (C=O) groups is 1. The molecule has 1 saturated heterocycles. The Bertz CT molecular complexity index is 1040. The van der Waals surface area contributed by atoms with E-state index in [1.54, 1.807) is 6.20 Å². The van der Waals surface area contributed by atoms with Gasteiger partial charge in [0.25, 0.3) is 0 Å². The van der Waals surface area contributed by atoms with Crippen LogP contribution in [0, 0.1) is 17.3 Å². The second-order valence-corrected chi connectivity index (χ2v) is 11.2. The fourth-order valence-electron chi connectivity index (χ4n) is 4.47. The average Bonchev–Trinajstić information content (AvgIpc) is 3.28. The van der Waals surface area contributed by atoms with Gasteiger partial charge in [-0.15, -0.1) is 11.3 Å². The molecule has 0 bridgehead atoms. The lowest BCUT2D eigenvalue weighted by Gasteiger charge is -2.29. The highest BCUT2D eigenvalue weighted by Gasteiger charge is 2.25. The Labute approximate surface area is 217 Å². The molecule has 3 heterocycles. The number of aromatic nitrogens is 1. The van der Waals surface area contributed by atoms with E-state index in [0.29, 0.717) is 23.1 Å². The minimum atomic E-state index is -0.924. The van der Waals surface area contributed by atoms with Gasteiger partial charge in [0.2, 0.25) is 5.88 Å². The molecule has 4 rings (SSSR count). The van der Waals surface area contributed by atoms with E-state index in [1.165, 1.54) is 11.3 Å². The molecule has 0 spiro atoms. The SMILES string of the molecule is CC(C)(C#Cc1cc(N[C@H]2CC[C@H](Oc3ccccn3)CC2)c(C(=O)O)s1)CCOC1CCOCC1. The Hall–Kier alpha value is -2.60. The van der Waals surface area contributed by atoms with Crippen LogP contribution in [0.3, 0.4) is 0 Å². The lowest BCUT2D eigenvalue weighted by atomic mass is 9.90. The van der Waals surface area contributed by atoms with Gasteiger partial charge in [-0.05, 0) is 70.9 Å². The van der Waals surface area contributed by atoms with E-state index in [1.807, 2.05) is 24.3 Å². The van der Waals surface area contributed by atoms with Crippen molar-refractivity contribution in [1.29, 1.82) is 0 Å². The number of pyridine rings is 1. The number of hydrogen-bond donors (Lipinski definition) is 2. The fourth-order valence-corrected chi connectivity index (χ4v) is 5.28. The van der Waals surface area contributed by atoms with E-state index in [4.69, 9.17) is 14.2 Å². The summed E-state index contributed by atoms with van der Waals surface area (Å²) < 4.78 is 17.4. The standard InChI is InChI=1S/C28H36N2O5S/c1-28(2,14-18-34-21-11-16-33-17-12-21)13-10-23-19-24(26(36-23)27(31)32)30-20-6-8-22(9-7-20)35-25-5-3-4-15-29-25/h3-5,15,19-22,30H,6-9,11-12,14,16-18H2,1-2H3,(H,31,32)/t20-,22-. The minimum Gasteiger partial charge on any atom is -0.477 e. The third-order valence-electron chi connectivity index (χ3n) is 6.66. The van der Waals surface area contributed by atoms with Crippen LogP contribution < -0.4 is 10.1 Å². The Balaban J connectivity index is 1.30. The number of rotatable bonds is 9. The lowest BCUT2D eigenvalue weighted by molar-refractivity contribution is -0.0362. The van der Waals surface area contributed by atoms with Crippen LogP contribution in [0.5, 0.6) is 5.88 Å². The molecule has 1 saturated carbocycles. The van der Waals surface area contributed by atoms with Gasteiger partial charge in [-0.1, -0.05) is 17.9 Å². The minimum absolute atomic E-state index is 0.137. The number of ether oxygens (including phenoxy) is 3. The number of hydrogen-bond acceptors (Lipinski definition) is 7. The molecule has 2 aromatic rings. The number of nitrogens with one attached hydrogen (secondary N) is 1. The quantitative estimate of drug-likeness (QED) is 0.422. The summed E-state index contributed by atoms with van der Waals surface area (Å²) in [4.78, 5) is 17.2. The van der Waals surface area contributed by atoms with E-state index in [9.17, 15) is 9.90 Å². The van der Waals surface area contributed by atoms with Crippen LogP contribution in [0.25, 0.3) is 0 Å². The summed E-state index contributed by atoms with van der Waals surface area (Å²) >= 11 is 1.23. The van der Waals surface area contributed by atoms with Crippen LogP contribution in [0.2, 0.25) is 0 Å². The van der Waals surface area contributed by atoms with E-state index in [-0.39, 0.29) is 23.7 Å². The zero-order valence-electron chi connectivity index (χ0n) is 21.1. The number of thiophene rings is 1. The van der Waals surface area contributed by atoms with Gasteiger partial charge in [0.1, 0.15) is 11.0 Å². The number of nitrogens with zero attached hydrogens (tertiary/aromatic N) is 1. The number of anilines is 1. The first-order valence-corrected chi connectivity index (χ1v) is 13.6. The Morgan fingerprint density at radius 1 is 1.19 bits per heavy atom. The van der Waals surface area contributed by atoms with Gasteiger partial charge >= 0.3 is 5.97 Å². The Kier molecular flexibility index (Phi) is 9.24. The van der Waals surface area contributed by atoms with Crippen molar-refractivity contribution in [2.45, 2.75) is 77.0 Å². The molecule has 0 atom stereocenters. The lowest BCUT2D eigenvalue weighted by Crippen LogP contribution is -2.31. The molecule has 0 radical (unpaired) electrons. The highest BCUT2D eigenvalue weighted by atomic mass is 32.1. The fraction of sp³-hybridized carbons (Fsp3) is 0.571. The molecule has 8 heteroatoms. The van der Waals surface area contributed by atoms with Crippen LogP contribution in [-0.2, 0) is 9.47 Å². The van der Waals surface area contributed by atoms with E-state index >= 15 is 0 Å². The van der Waals surface area contributed by atoms with Crippen molar-refractivity contribution in [2.24, 2.45) is 5.41 Å². The van der Waals surface area contributed by atoms with Gasteiger partial charge in [0, 0.05) is 43.5 Å². The zero-order valence-corrected chi connectivity index (χ0v) is 21.9. The molecule has 2 aromatic heterocycles. The van der Waals surface area contributed by atoms with Crippen LogP contribution in [-0.4, -0.2) is 54.1 Å². The van der Waals surface area contributed by atoms with Crippen molar-refractivity contribution in [1.82, 2.24) is 4.98 Å². The molecule has 194 valence electrons. The Morgan fingerprint density at radius 3 is 2.67 bits per heavy atom. The number of carboxylic acid groups (broad SMARTS) is 1. The topological polar surface area (TPSA) is 89.9 Å². The summed E-state index contributed by atoms with van der Waals surface area (Å²) in [5.41, 5.74) is 0.435. The van der Waals surface area contributed by atoms with Crippen molar-refractivity contribution in [3.63, 3.8) is 0 Å². The third-order valence-corrected chi connectivity index (χ3v) is 7.70. The second kappa shape index (κ2) is 12.6. The average molecular weight is 513 g/mol. The molecular weight excluding hydrogens is 476 g/mol. The molecule has 0 unspecified atom stereocenters. The van der Waals surface area contributed by atoms with Crippen LogP contribution in [0.1, 0.15) is 73.3 Å². The monoisotopic (exact) mass is 512 g/mol. The maximum atomic E-state index is 11.9. The van der Waals surface area contributed by atoms with Crippen molar-refractivity contribution in [3.8, 4) is 17.7 Å². The molecule has 36 heavy (non-hydrogen) atoms. The first-order chi connectivity index (χ1) is 17.4. The molecule has 1 aliphatic heterocycles. The number of carboxylic acids is 1. The molecule has 7 nitrogen and oxygen atoms in total. The molecule has 2 N–H and O–H groups in total. The summed E-state index contributed by atoms with van der Waals surface area (Å²) in [5.74, 6) is 6.29. The van der Waals surface area contributed by atoms with E-state index in [2.05, 4.69) is 36.0 Å². The molecule has 0 amide bonds. The van der Waals surface area contributed by atoms with Gasteiger partial charge in [-0.3, -0.25) is 0 Å². The third kappa shape index (κ3) is 7.95. The van der Waals surface area contributed by atoms with Gasteiger partial charge in [0.05, 0.1) is 16.7 Å². The van der Waals surface area contributed by atoms with Gasteiger partial charge in [0.15, 0.2) is 0 Å². The summed E-state index contributed by atoms with van der Waals surface area (Å²) in [7, 11) is 0. The van der Waals surface area contributed by atoms with E-state index in [0.717, 1.165) is 63.0 Å². The first-order valence-electron chi connectivity index (χ1n) is 12.8. The largest absolute Gasteiger partial charge is 0.477 e. The zero-order chi connectivity index (χ0) is 25.4. The predicted octanol–water partition coefficient (Wildman–Crippen LogP) is 5.61. The second-order valence-electron chi connectivity index (χ2n) is 10.1. The molecule has 2 aliphatic rings. The summed E-state index contributed by atoms with van der Waals surface area (Å²) in [5, 5.41) is 13.2. The van der Waals surface area contributed by atoms with Crippen LogP contribution in [0.15, 0.2) is 30.5 Å². The molecule has 0 aromatic carbocycles. The molecular formula is C28H36N2O5S. The van der Waals surface area contributed by atoms with Crippen LogP contribution >= 0.6 is 11.3 Å². The van der Waals surface area contributed by atoms with Crippen molar-refractivity contribution < 1.29 is 24.1 Å². The molecule has 2 fully saturated rings.